The molecule has 0 aliphatic rings. The normalized spacial score (nSPS) is 10.3. The number of rotatable bonds is 4. The third kappa shape index (κ3) is 4.34. The molecule has 0 unspecified atom stereocenters. The Kier molecular flexibility index (Phi) is 5.31. The van der Waals surface area contributed by atoms with Gasteiger partial charge in [0, 0.05) is 13.8 Å². The Labute approximate surface area is 107 Å². The molecular weight excluding hydrogens is 319 g/mol. The molecule has 0 radical (unpaired) electrons. The number of carbonyl (C=O) groups excluding carboxylic acids is 1. The maximum atomic E-state index is 11.6. The fourth-order valence-electron chi connectivity index (χ4n) is 1.25. The molecule has 82 valence electrons. The van der Waals surface area contributed by atoms with E-state index in [2.05, 4.69) is 22.6 Å². The van der Waals surface area contributed by atoms with Crippen LogP contribution in [0.3, 0.4) is 0 Å². The molecule has 0 saturated heterocycles. The standard InChI is InChI=1S/C11H15IO2Si/c1-8-5-9(7-10(12)6-8)11(13)14-3-2-4-15/h5-7H,2-4H2,1,15H3. The summed E-state index contributed by atoms with van der Waals surface area (Å²) in [6.45, 7) is 2.53. The Balaban J connectivity index is 2.65. The van der Waals surface area contributed by atoms with Gasteiger partial charge in [-0.3, -0.25) is 0 Å². The van der Waals surface area contributed by atoms with Gasteiger partial charge in [-0.1, -0.05) is 6.04 Å². The Bertz CT molecular complexity index is 332. The molecule has 0 aromatic heterocycles. The van der Waals surface area contributed by atoms with Crippen molar-refractivity contribution >= 4 is 38.8 Å². The lowest BCUT2D eigenvalue weighted by atomic mass is 10.1. The van der Waals surface area contributed by atoms with Gasteiger partial charge in [0.15, 0.2) is 0 Å². The van der Waals surface area contributed by atoms with Crippen molar-refractivity contribution in [3.05, 3.63) is 32.9 Å². The smallest absolute Gasteiger partial charge is 0.338 e. The van der Waals surface area contributed by atoms with Crippen molar-refractivity contribution in [3.63, 3.8) is 0 Å². The molecule has 0 heterocycles. The summed E-state index contributed by atoms with van der Waals surface area (Å²) < 4.78 is 6.23. The van der Waals surface area contributed by atoms with Crippen molar-refractivity contribution < 1.29 is 9.53 Å². The van der Waals surface area contributed by atoms with Gasteiger partial charge < -0.3 is 4.74 Å². The average Bonchev–Trinajstić information content (AvgIpc) is 2.16. The molecule has 0 N–H and O–H groups in total. The van der Waals surface area contributed by atoms with Gasteiger partial charge >= 0.3 is 5.97 Å². The van der Waals surface area contributed by atoms with Crippen LogP contribution in [-0.2, 0) is 4.74 Å². The predicted molar refractivity (Wildman–Crippen MR) is 73.5 cm³/mol. The molecule has 1 aromatic carbocycles. The molecule has 0 saturated carbocycles. The summed E-state index contributed by atoms with van der Waals surface area (Å²) in [6, 6.07) is 6.94. The maximum absolute atomic E-state index is 11.6. The third-order valence-corrected chi connectivity index (χ3v) is 3.34. The highest BCUT2D eigenvalue weighted by atomic mass is 127. The van der Waals surface area contributed by atoms with Crippen LogP contribution in [0.25, 0.3) is 0 Å². The summed E-state index contributed by atoms with van der Waals surface area (Å²) >= 11 is 2.21. The van der Waals surface area contributed by atoms with Crippen molar-refractivity contribution in [2.45, 2.75) is 19.4 Å². The van der Waals surface area contributed by atoms with Crippen molar-refractivity contribution in [2.75, 3.05) is 6.61 Å². The van der Waals surface area contributed by atoms with Crippen molar-refractivity contribution in [1.82, 2.24) is 0 Å². The largest absolute Gasteiger partial charge is 0.462 e. The fourth-order valence-corrected chi connectivity index (χ4v) is 2.36. The van der Waals surface area contributed by atoms with E-state index in [1.54, 1.807) is 0 Å². The van der Waals surface area contributed by atoms with E-state index in [4.69, 9.17) is 4.74 Å². The summed E-state index contributed by atoms with van der Waals surface area (Å²) in [5.41, 5.74) is 1.75. The van der Waals surface area contributed by atoms with Crippen molar-refractivity contribution in [1.29, 1.82) is 0 Å². The van der Waals surface area contributed by atoms with Crippen LogP contribution in [0.2, 0.25) is 6.04 Å². The zero-order chi connectivity index (χ0) is 11.3. The van der Waals surface area contributed by atoms with E-state index in [1.807, 2.05) is 25.1 Å². The zero-order valence-corrected chi connectivity index (χ0v) is 13.2. The summed E-state index contributed by atoms with van der Waals surface area (Å²) in [4.78, 5) is 11.6. The molecule has 0 atom stereocenters. The van der Waals surface area contributed by atoms with Crippen LogP contribution in [0, 0.1) is 10.5 Å². The van der Waals surface area contributed by atoms with Gasteiger partial charge in [-0.15, -0.1) is 0 Å². The van der Waals surface area contributed by atoms with E-state index in [0.717, 1.165) is 15.6 Å². The van der Waals surface area contributed by atoms with E-state index >= 15 is 0 Å². The second-order valence-electron chi connectivity index (χ2n) is 3.51. The Morgan fingerprint density at radius 3 is 2.80 bits per heavy atom. The molecular formula is C11H15IO2Si. The molecule has 2 nitrogen and oxygen atoms in total. The van der Waals surface area contributed by atoms with Crippen LogP contribution in [-0.4, -0.2) is 22.8 Å². The van der Waals surface area contributed by atoms with Gasteiger partial charge in [-0.25, -0.2) is 4.79 Å². The second-order valence-corrected chi connectivity index (χ2v) is 5.75. The summed E-state index contributed by atoms with van der Waals surface area (Å²) in [7, 11) is 1.17. The number of aryl methyl sites for hydroxylation is 1. The van der Waals surface area contributed by atoms with Gasteiger partial charge in [0.05, 0.1) is 12.2 Å². The number of benzene rings is 1. The summed E-state index contributed by atoms with van der Waals surface area (Å²) in [5.74, 6) is -0.202. The number of halogens is 1. The first-order valence-corrected chi connectivity index (χ1v) is 7.57. The van der Waals surface area contributed by atoms with Crippen LogP contribution in [0.4, 0.5) is 0 Å². The van der Waals surface area contributed by atoms with E-state index in [9.17, 15) is 4.79 Å². The molecule has 15 heavy (non-hydrogen) atoms. The Morgan fingerprint density at radius 1 is 1.47 bits per heavy atom. The summed E-state index contributed by atoms with van der Waals surface area (Å²) in [6.07, 6.45) is 0.987. The van der Waals surface area contributed by atoms with Crippen LogP contribution in [0.1, 0.15) is 22.3 Å². The Morgan fingerprint density at radius 2 is 2.20 bits per heavy atom. The van der Waals surface area contributed by atoms with Crippen LogP contribution in [0.15, 0.2) is 18.2 Å². The van der Waals surface area contributed by atoms with Gasteiger partial charge in [0.25, 0.3) is 0 Å². The molecule has 0 aliphatic heterocycles. The van der Waals surface area contributed by atoms with E-state index < -0.39 is 0 Å². The van der Waals surface area contributed by atoms with Crippen molar-refractivity contribution in [3.8, 4) is 0 Å². The number of esters is 1. The fraction of sp³-hybridized carbons (Fsp3) is 0.364. The molecule has 4 heteroatoms. The number of ether oxygens (including phenoxy) is 1. The molecule has 1 aromatic rings. The highest BCUT2D eigenvalue weighted by Gasteiger charge is 2.07. The van der Waals surface area contributed by atoms with Gasteiger partial charge in [-0.05, 0) is 59.7 Å². The minimum absolute atomic E-state index is 0.202. The molecule has 0 fully saturated rings. The molecule has 0 bridgehead atoms. The highest BCUT2D eigenvalue weighted by molar-refractivity contribution is 14.1. The lowest BCUT2D eigenvalue weighted by Gasteiger charge is -2.05. The lowest BCUT2D eigenvalue weighted by molar-refractivity contribution is 0.0505. The molecule has 1 rings (SSSR count). The Hall–Kier alpha value is -0.363. The van der Waals surface area contributed by atoms with E-state index in [1.165, 1.54) is 16.3 Å². The number of hydrogen-bond donors (Lipinski definition) is 0. The first-order chi connectivity index (χ1) is 7.13. The first-order valence-electron chi connectivity index (χ1n) is 5.08. The van der Waals surface area contributed by atoms with Gasteiger partial charge in [-0.2, -0.15) is 0 Å². The van der Waals surface area contributed by atoms with Gasteiger partial charge in [0.1, 0.15) is 0 Å². The minimum atomic E-state index is -0.202. The van der Waals surface area contributed by atoms with Crippen LogP contribution >= 0.6 is 22.6 Å². The molecule has 0 spiro atoms. The number of hydrogen-bond acceptors (Lipinski definition) is 2. The van der Waals surface area contributed by atoms with Gasteiger partial charge in [0.2, 0.25) is 0 Å². The second kappa shape index (κ2) is 6.27. The zero-order valence-electron chi connectivity index (χ0n) is 9.05. The number of carbonyl (C=O) groups is 1. The first kappa shape index (κ1) is 12.7. The van der Waals surface area contributed by atoms with E-state index in [0.29, 0.717) is 12.2 Å². The maximum Gasteiger partial charge on any atom is 0.338 e. The van der Waals surface area contributed by atoms with Crippen molar-refractivity contribution in [2.24, 2.45) is 0 Å². The topological polar surface area (TPSA) is 26.3 Å². The molecule has 0 amide bonds. The minimum Gasteiger partial charge on any atom is -0.462 e. The van der Waals surface area contributed by atoms with Crippen LogP contribution in [0.5, 0.6) is 0 Å². The molecule has 0 aliphatic carbocycles. The average molecular weight is 334 g/mol. The van der Waals surface area contributed by atoms with E-state index in [-0.39, 0.29) is 5.97 Å². The lowest BCUT2D eigenvalue weighted by Crippen LogP contribution is -2.06. The quantitative estimate of drug-likeness (QED) is 0.364. The van der Waals surface area contributed by atoms with Crippen LogP contribution < -0.4 is 0 Å². The predicted octanol–water partition coefficient (Wildman–Crippen LogP) is 1.93. The summed E-state index contributed by atoms with van der Waals surface area (Å²) in [5, 5.41) is 0. The monoisotopic (exact) mass is 334 g/mol. The SMILES string of the molecule is Cc1cc(I)cc(C(=O)OCCC[SiH3])c1. The highest BCUT2D eigenvalue weighted by Crippen LogP contribution is 2.12. The third-order valence-electron chi connectivity index (χ3n) is 2.01.